The number of rotatable bonds is 7. The van der Waals surface area contributed by atoms with E-state index < -0.39 is 5.97 Å². The molecule has 1 aromatic heterocycles. The van der Waals surface area contributed by atoms with E-state index in [1.807, 2.05) is 0 Å². The van der Waals surface area contributed by atoms with Gasteiger partial charge in [0.1, 0.15) is 11.5 Å². The highest BCUT2D eigenvalue weighted by atomic mass is 32.1. The van der Waals surface area contributed by atoms with Crippen molar-refractivity contribution in [1.82, 2.24) is 0 Å². The lowest BCUT2D eigenvalue weighted by Crippen LogP contribution is -2.18. The maximum Gasteiger partial charge on any atom is 0.345 e. The first-order valence-electron chi connectivity index (χ1n) is 6.74. The number of hydrogen-bond donors (Lipinski definition) is 2. The summed E-state index contributed by atoms with van der Waals surface area (Å²) in [6.45, 7) is 2.67. The molecule has 0 aliphatic heterocycles. The number of carboxylic acids is 1. The van der Waals surface area contributed by atoms with E-state index in [0.717, 1.165) is 22.9 Å². The number of nitrogens with one attached hydrogen (secondary N) is 1. The lowest BCUT2D eigenvalue weighted by Gasteiger charge is -2.06. The van der Waals surface area contributed by atoms with E-state index in [1.54, 1.807) is 24.3 Å². The van der Waals surface area contributed by atoms with Crippen molar-refractivity contribution in [1.29, 1.82) is 0 Å². The zero-order valence-corrected chi connectivity index (χ0v) is 12.5. The van der Waals surface area contributed by atoms with Crippen LogP contribution in [0.3, 0.4) is 0 Å². The minimum atomic E-state index is -0.939. The summed E-state index contributed by atoms with van der Waals surface area (Å²) in [6.07, 6.45) is 1.97. The number of carbonyl (C=O) groups excluding carboxylic acids is 1. The first kappa shape index (κ1) is 15.5. The molecular weight excluding hydrogens is 290 g/mol. The molecular formula is C15H17NO4S. The van der Waals surface area contributed by atoms with Crippen molar-refractivity contribution in [3.63, 3.8) is 0 Å². The maximum absolute atomic E-state index is 11.7. The van der Waals surface area contributed by atoms with Gasteiger partial charge in [-0.05, 0) is 36.1 Å². The number of anilines is 1. The number of fused-ring (bicyclic) bond motifs is 1. The van der Waals surface area contributed by atoms with Crippen LogP contribution in [0.15, 0.2) is 24.3 Å². The summed E-state index contributed by atoms with van der Waals surface area (Å²) in [5, 5.41) is 12.5. The molecule has 0 radical (unpaired) electrons. The molecule has 0 saturated heterocycles. The lowest BCUT2D eigenvalue weighted by molar-refractivity contribution is -0.120. The van der Waals surface area contributed by atoms with Gasteiger partial charge >= 0.3 is 5.97 Å². The van der Waals surface area contributed by atoms with E-state index in [-0.39, 0.29) is 17.4 Å². The fraction of sp³-hybridized carbons (Fsp3) is 0.333. The van der Waals surface area contributed by atoms with E-state index in [4.69, 9.17) is 9.84 Å². The van der Waals surface area contributed by atoms with Gasteiger partial charge in [-0.2, -0.15) is 0 Å². The van der Waals surface area contributed by atoms with Crippen molar-refractivity contribution < 1.29 is 19.4 Å². The molecule has 0 aliphatic carbocycles. The topological polar surface area (TPSA) is 75.6 Å². The summed E-state index contributed by atoms with van der Waals surface area (Å²) in [7, 11) is 0. The van der Waals surface area contributed by atoms with E-state index >= 15 is 0 Å². The summed E-state index contributed by atoms with van der Waals surface area (Å²) < 4.78 is 6.12. The summed E-state index contributed by atoms with van der Waals surface area (Å²) >= 11 is 1.22. The van der Waals surface area contributed by atoms with Crippen LogP contribution >= 0.6 is 11.3 Å². The molecule has 0 fully saturated rings. The van der Waals surface area contributed by atoms with Crippen molar-refractivity contribution in [2.24, 2.45) is 0 Å². The molecule has 0 spiro atoms. The molecule has 0 atom stereocenters. The van der Waals surface area contributed by atoms with Crippen LogP contribution < -0.4 is 5.32 Å². The van der Waals surface area contributed by atoms with Gasteiger partial charge in [0.25, 0.3) is 0 Å². The lowest BCUT2D eigenvalue weighted by atomic mass is 10.2. The van der Waals surface area contributed by atoms with Crippen LogP contribution in [0.4, 0.5) is 5.69 Å². The smallest absolute Gasteiger partial charge is 0.345 e. The second-order valence-electron chi connectivity index (χ2n) is 4.62. The Labute approximate surface area is 126 Å². The van der Waals surface area contributed by atoms with Crippen LogP contribution in [0.25, 0.3) is 10.1 Å². The Balaban J connectivity index is 1.98. The van der Waals surface area contributed by atoms with Gasteiger partial charge in [-0.15, -0.1) is 11.3 Å². The minimum Gasteiger partial charge on any atom is -0.477 e. The zero-order valence-electron chi connectivity index (χ0n) is 11.7. The third-order valence-electron chi connectivity index (χ3n) is 2.89. The van der Waals surface area contributed by atoms with Gasteiger partial charge in [0.15, 0.2) is 0 Å². The second kappa shape index (κ2) is 7.19. The SMILES string of the molecule is CCCCOCC(=O)Nc1ccc2sc(C(=O)O)cc2c1. The van der Waals surface area contributed by atoms with Crippen LogP contribution in [0.1, 0.15) is 29.4 Å². The first-order valence-corrected chi connectivity index (χ1v) is 7.56. The Morgan fingerprint density at radius 2 is 2.14 bits per heavy atom. The Morgan fingerprint density at radius 1 is 1.33 bits per heavy atom. The van der Waals surface area contributed by atoms with Crippen LogP contribution in [0.5, 0.6) is 0 Å². The van der Waals surface area contributed by atoms with E-state index in [2.05, 4.69) is 12.2 Å². The number of amides is 1. The molecule has 0 unspecified atom stereocenters. The zero-order chi connectivity index (χ0) is 15.2. The van der Waals surface area contributed by atoms with Gasteiger partial charge in [0, 0.05) is 17.0 Å². The molecule has 0 aliphatic rings. The molecule has 112 valence electrons. The fourth-order valence-electron chi connectivity index (χ4n) is 1.83. The molecule has 5 nitrogen and oxygen atoms in total. The summed E-state index contributed by atoms with van der Waals surface area (Å²) in [5.74, 6) is -1.15. The monoisotopic (exact) mass is 307 g/mol. The van der Waals surface area contributed by atoms with E-state index in [9.17, 15) is 9.59 Å². The van der Waals surface area contributed by atoms with Gasteiger partial charge in [0.05, 0.1) is 0 Å². The third kappa shape index (κ3) is 4.27. The van der Waals surface area contributed by atoms with Crippen LogP contribution in [0, 0.1) is 0 Å². The van der Waals surface area contributed by atoms with Crippen molar-refractivity contribution in [3.8, 4) is 0 Å². The number of hydrogen-bond acceptors (Lipinski definition) is 4. The van der Waals surface area contributed by atoms with Gasteiger partial charge in [-0.1, -0.05) is 13.3 Å². The number of thiophene rings is 1. The Kier molecular flexibility index (Phi) is 5.30. The van der Waals surface area contributed by atoms with Crippen molar-refractivity contribution in [3.05, 3.63) is 29.1 Å². The number of aromatic carboxylic acids is 1. The molecule has 1 heterocycles. The summed E-state index contributed by atoms with van der Waals surface area (Å²) in [6, 6.07) is 6.94. The molecule has 0 saturated carbocycles. The van der Waals surface area contributed by atoms with Crippen LogP contribution in [-0.2, 0) is 9.53 Å². The minimum absolute atomic E-state index is 0.0298. The standard InChI is InChI=1S/C15H17NO4S/c1-2-3-6-20-9-14(17)16-11-4-5-12-10(7-11)8-13(21-12)15(18)19/h4-5,7-8H,2-3,6,9H2,1H3,(H,16,17)(H,18,19). The normalized spacial score (nSPS) is 10.7. The fourth-order valence-corrected chi connectivity index (χ4v) is 2.72. The molecule has 0 bridgehead atoms. The highest BCUT2D eigenvalue weighted by Crippen LogP contribution is 2.28. The highest BCUT2D eigenvalue weighted by molar-refractivity contribution is 7.20. The molecule has 2 N–H and O–H groups in total. The van der Waals surface area contributed by atoms with Gasteiger partial charge in [-0.25, -0.2) is 4.79 Å². The van der Waals surface area contributed by atoms with Crippen LogP contribution in [-0.4, -0.2) is 30.2 Å². The van der Waals surface area contributed by atoms with E-state index in [1.165, 1.54) is 11.3 Å². The molecule has 1 amide bonds. The molecule has 2 aromatic rings. The summed E-state index contributed by atoms with van der Waals surface area (Å²) in [5.41, 5.74) is 0.640. The second-order valence-corrected chi connectivity index (χ2v) is 5.71. The van der Waals surface area contributed by atoms with Crippen molar-refractivity contribution in [2.75, 3.05) is 18.5 Å². The molecule has 1 aromatic carbocycles. The molecule has 2 rings (SSSR count). The van der Waals surface area contributed by atoms with Gasteiger partial charge in [-0.3, -0.25) is 4.79 Å². The average Bonchev–Trinajstić information content (AvgIpc) is 2.87. The van der Waals surface area contributed by atoms with Gasteiger partial charge in [0.2, 0.25) is 5.91 Å². The quantitative estimate of drug-likeness (QED) is 0.769. The molecule has 21 heavy (non-hydrogen) atoms. The number of unbranched alkanes of at least 4 members (excludes halogenated alkanes) is 1. The Hall–Kier alpha value is -1.92. The number of benzene rings is 1. The third-order valence-corrected chi connectivity index (χ3v) is 3.99. The van der Waals surface area contributed by atoms with Gasteiger partial charge < -0.3 is 15.2 Å². The number of carbonyl (C=O) groups is 2. The Bertz CT molecular complexity index is 650. The highest BCUT2D eigenvalue weighted by Gasteiger charge is 2.09. The van der Waals surface area contributed by atoms with E-state index in [0.29, 0.717) is 12.3 Å². The first-order chi connectivity index (χ1) is 10.1. The largest absolute Gasteiger partial charge is 0.477 e. The van der Waals surface area contributed by atoms with Crippen LogP contribution in [0.2, 0.25) is 0 Å². The predicted octanol–water partition coefficient (Wildman–Crippen LogP) is 3.35. The predicted molar refractivity (Wildman–Crippen MR) is 83.1 cm³/mol. The average molecular weight is 307 g/mol. The number of carboxylic acid groups (broad SMARTS) is 1. The summed E-state index contributed by atoms with van der Waals surface area (Å²) in [4.78, 5) is 22.9. The van der Waals surface area contributed by atoms with Crippen molar-refractivity contribution >= 4 is 39.0 Å². The maximum atomic E-state index is 11.7. The Morgan fingerprint density at radius 3 is 2.86 bits per heavy atom. The van der Waals surface area contributed by atoms with Crippen molar-refractivity contribution in [2.45, 2.75) is 19.8 Å². The molecule has 6 heteroatoms. The number of ether oxygens (including phenoxy) is 1.